The van der Waals surface area contributed by atoms with E-state index in [1.807, 2.05) is 0 Å². The first kappa shape index (κ1) is 13.8. The van der Waals surface area contributed by atoms with Crippen LogP contribution in [0.1, 0.15) is 0 Å². The maximum Gasteiger partial charge on any atom is 0.266 e. The van der Waals surface area contributed by atoms with Crippen LogP contribution in [0, 0.1) is 11.3 Å². The first-order valence-electron chi connectivity index (χ1n) is 6.75. The van der Waals surface area contributed by atoms with Crippen LogP contribution in [0.3, 0.4) is 0 Å². The van der Waals surface area contributed by atoms with Gasteiger partial charge in [0.05, 0.1) is 0 Å². The lowest BCUT2D eigenvalue weighted by molar-refractivity contribution is -0.127. The van der Waals surface area contributed by atoms with Crippen LogP contribution in [-0.4, -0.2) is 80.0 Å². The van der Waals surface area contributed by atoms with Crippen molar-refractivity contribution in [2.75, 3.05) is 59.4 Å². The monoisotopic (exact) mass is 263 g/mol. The summed E-state index contributed by atoms with van der Waals surface area (Å²) in [7, 11) is 2.08. The number of hydrogen-bond acceptors (Lipinski definition) is 5. The van der Waals surface area contributed by atoms with Crippen LogP contribution >= 0.6 is 0 Å². The fourth-order valence-corrected chi connectivity index (χ4v) is 2.30. The van der Waals surface area contributed by atoms with E-state index in [1.165, 1.54) is 0 Å². The minimum absolute atomic E-state index is 0.136. The molecular formula is C13H21N5O. The molecule has 0 unspecified atom stereocenters. The van der Waals surface area contributed by atoms with Gasteiger partial charge in [-0.05, 0) is 7.05 Å². The molecule has 2 aliphatic rings. The van der Waals surface area contributed by atoms with Gasteiger partial charge >= 0.3 is 0 Å². The third-order valence-electron chi connectivity index (χ3n) is 3.60. The van der Waals surface area contributed by atoms with Crippen LogP contribution in [-0.2, 0) is 4.79 Å². The molecule has 0 atom stereocenters. The molecule has 6 heteroatoms. The Balaban J connectivity index is 1.98. The number of nitriles is 1. The summed E-state index contributed by atoms with van der Waals surface area (Å²) >= 11 is 0. The molecular weight excluding hydrogens is 242 g/mol. The Labute approximate surface area is 114 Å². The fraction of sp³-hybridized carbons (Fsp3) is 0.692. The number of carbonyl (C=O) groups excluding carboxylic acids is 1. The Hall–Kier alpha value is -1.58. The molecule has 1 N–H and O–H groups in total. The maximum absolute atomic E-state index is 12.2. The number of piperazine rings is 2. The summed E-state index contributed by atoms with van der Waals surface area (Å²) in [4.78, 5) is 18.3. The van der Waals surface area contributed by atoms with Crippen LogP contribution in [0.25, 0.3) is 0 Å². The van der Waals surface area contributed by atoms with E-state index >= 15 is 0 Å². The molecule has 6 nitrogen and oxygen atoms in total. The first-order valence-corrected chi connectivity index (χ1v) is 6.75. The van der Waals surface area contributed by atoms with Crippen LogP contribution in [0.2, 0.25) is 0 Å². The van der Waals surface area contributed by atoms with E-state index in [4.69, 9.17) is 0 Å². The standard InChI is InChI=1S/C13H21N5O/c1-16-6-8-17(9-7-16)11-12(10-14)13(19)18-4-2-15-3-5-18/h11,15H,2-9H2,1H3/b12-11-. The lowest BCUT2D eigenvalue weighted by Gasteiger charge is -2.32. The Bertz CT molecular complexity index is 386. The largest absolute Gasteiger partial charge is 0.374 e. The summed E-state index contributed by atoms with van der Waals surface area (Å²) in [5, 5.41) is 12.4. The third kappa shape index (κ3) is 3.69. The zero-order valence-corrected chi connectivity index (χ0v) is 11.4. The molecule has 0 aromatic carbocycles. The number of hydrogen-bond donors (Lipinski definition) is 1. The van der Waals surface area contributed by atoms with Gasteiger partial charge in [0.15, 0.2) is 0 Å². The molecule has 0 bridgehead atoms. The lowest BCUT2D eigenvalue weighted by atomic mass is 10.2. The summed E-state index contributed by atoms with van der Waals surface area (Å²) in [6.45, 7) is 6.65. The van der Waals surface area contributed by atoms with Gasteiger partial charge < -0.3 is 20.0 Å². The molecule has 104 valence electrons. The molecule has 0 saturated carbocycles. The van der Waals surface area contributed by atoms with Crippen molar-refractivity contribution in [2.45, 2.75) is 0 Å². The smallest absolute Gasteiger partial charge is 0.266 e. The van der Waals surface area contributed by atoms with Crippen LogP contribution in [0.5, 0.6) is 0 Å². The maximum atomic E-state index is 12.2. The first-order chi connectivity index (χ1) is 9.20. The van der Waals surface area contributed by atoms with Gasteiger partial charge in [-0.25, -0.2) is 0 Å². The zero-order valence-electron chi connectivity index (χ0n) is 11.4. The fourth-order valence-electron chi connectivity index (χ4n) is 2.30. The predicted molar refractivity (Wildman–Crippen MR) is 72.2 cm³/mol. The van der Waals surface area contributed by atoms with E-state index in [0.717, 1.165) is 39.3 Å². The van der Waals surface area contributed by atoms with E-state index in [2.05, 4.69) is 28.2 Å². The van der Waals surface area contributed by atoms with E-state index in [0.29, 0.717) is 13.1 Å². The molecule has 0 aromatic rings. The molecule has 0 spiro atoms. The minimum atomic E-state index is -0.136. The van der Waals surface area contributed by atoms with Crippen molar-refractivity contribution >= 4 is 5.91 Å². The van der Waals surface area contributed by atoms with Gasteiger partial charge in [-0.3, -0.25) is 4.79 Å². The Kier molecular flexibility index (Phi) is 4.77. The number of amides is 1. The molecule has 1 amide bonds. The zero-order chi connectivity index (χ0) is 13.7. The van der Waals surface area contributed by atoms with Crippen LogP contribution < -0.4 is 5.32 Å². The highest BCUT2D eigenvalue weighted by molar-refractivity contribution is 5.97. The highest BCUT2D eigenvalue weighted by Crippen LogP contribution is 2.07. The lowest BCUT2D eigenvalue weighted by Crippen LogP contribution is -2.47. The second-order valence-electron chi connectivity index (χ2n) is 5.04. The van der Waals surface area contributed by atoms with E-state index < -0.39 is 0 Å². The van der Waals surface area contributed by atoms with Gasteiger partial charge in [-0.1, -0.05) is 0 Å². The van der Waals surface area contributed by atoms with Crippen molar-refractivity contribution in [3.05, 3.63) is 11.8 Å². The predicted octanol–water partition coefficient (Wildman–Crippen LogP) is -0.927. The van der Waals surface area contributed by atoms with E-state index in [9.17, 15) is 10.1 Å². The average Bonchev–Trinajstić information content (AvgIpc) is 2.47. The van der Waals surface area contributed by atoms with Gasteiger partial charge in [-0.2, -0.15) is 5.26 Å². The highest BCUT2D eigenvalue weighted by atomic mass is 16.2. The molecule has 2 fully saturated rings. The molecule has 0 aliphatic carbocycles. The summed E-state index contributed by atoms with van der Waals surface area (Å²) in [6.07, 6.45) is 1.73. The number of carbonyl (C=O) groups is 1. The molecule has 2 saturated heterocycles. The van der Waals surface area contributed by atoms with Crippen LogP contribution in [0.15, 0.2) is 11.8 Å². The minimum Gasteiger partial charge on any atom is -0.374 e. The van der Waals surface area contributed by atoms with E-state index in [-0.39, 0.29) is 11.5 Å². The molecule has 0 radical (unpaired) electrons. The second kappa shape index (κ2) is 6.55. The Morgan fingerprint density at radius 2 is 1.79 bits per heavy atom. The van der Waals surface area contributed by atoms with Crippen molar-refractivity contribution in [2.24, 2.45) is 0 Å². The topological polar surface area (TPSA) is 62.6 Å². The summed E-state index contributed by atoms with van der Waals surface area (Å²) in [6, 6.07) is 2.05. The Morgan fingerprint density at radius 1 is 1.16 bits per heavy atom. The summed E-state index contributed by atoms with van der Waals surface area (Å²) in [5.41, 5.74) is 0.256. The van der Waals surface area contributed by atoms with Gasteiger partial charge in [-0.15, -0.1) is 0 Å². The quantitative estimate of drug-likeness (QED) is 0.515. The molecule has 2 rings (SSSR count). The third-order valence-corrected chi connectivity index (χ3v) is 3.60. The highest BCUT2D eigenvalue weighted by Gasteiger charge is 2.21. The van der Waals surface area contributed by atoms with Crippen molar-refractivity contribution in [1.29, 1.82) is 5.26 Å². The molecule has 2 aliphatic heterocycles. The van der Waals surface area contributed by atoms with Gasteiger partial charge in [0.25, 0.3) is 5.91 Å². The van der Waals surface area contributed by atoms with Gasteiger partial charge in [0.2, 0.25) is 0 Å². The summed E-state index contributed by atoms with van der Waals surface area (Å²) in [5.74, 6) is -0.136. The number of rotatable bonds is 2. The second-order valence-corrected chi connectivity index (χ2v) is 5.04. The average molecular weight is 263 g/mol. The summed E-state index contributed by atoms with van der Waals surface area (Å²) < 4.78 is 0. The molecule has 19 heavy (non-hydrogen) atoms. The van der Waals surface area contributed by atoms with E-state index in [1.54, 1.807) is 11.1 Å². The number of likely N-dealkylation sites (N-methyl/N-ethyl adjacent to an activating group) is 1. The van der Waals surface area contributed by atoms with Crippen molar-refractivity contribution in [1.82, 2.24) is 20.0 Å². The van der Waals surface area contributed by atoms with Gasteiger partial charge in [0, 0.05) is 58.6 Å². The Morgan fingerprint density at radius 3 is 2.37 bits per heavy atom. The van der Waals surface area contributed by atoms with Crippen LogP contribution in [0.4, 0.5) is 0 Å². The number of nitrogens with zero attached hydrogens (tertiary/aromatic N) is 4. The SMILES string of the molecule is CN1CCN(/C=C(/C#N)C(=O)N2CCNCC2)CC1. The van der Waals surface area contributed by atoms with Crippen molar-refractivity contribution < 1.29 is 4.79 Å². The van der Waals surface area contributed by atoms with Gasteiger partial charge in [0.1, 0.15) is 11.6 Å². The molecule has 2 heterocycles. The normalized spacial score (nSPS) is 22.2. The van der Waals surface area contributed by atoms with Crippen molar-refractivity contribution in [3.8, 4) is 6.07 Å². The number of nitrogens with one attached hydrogen (secondary N) is 1. The van der Waals surface area contributed by atoms with Crippen molar-refractivity contribution in [3.63, 3.8) is 0 Å². The molecule has 0 aromatic heterocycles.